The van der Waals surface area contributed by atoms with Gasteiger partial charge in [-0.3, -0.25) is 0 Å². The predicted octanol–water partition coefficient (Wildman–Crippen LogP) is 3.56. The van der Waals surface area contributed by atoms with Crippen LogP contribution in [0.1, 0.15) is 5.56 Å². The van der Waals surface area contributed by atoms with Crippen LogP contribution in [0.4, 0.5) is 5.95 Å². The van der Waals surface area contributed by atoms with Crippen molar-refractivity contribution in [3.63, 3.8) is 0 Å². The second-order valence-corrected chi connectivity index (χ2v) is 5.46. The molecule has 118 valence electrons. The summed E-state index contributed by atoms with van der Waals surface area (Å²) >= 11 is 0. The summed E-state index contributed by atoms with van der Waals surface area (Å²) in [5.74, 6) is 1.10. The predicted molar refractivity (Wildman–Crippen MR) is 93.6 cm³/mol. The van der Waals surface area contributed by atoms with Gasteiger partial charge in [-0.1, -0.05) is 42.5 Å². The van der Waals surface area contributed by atoms with Crippen LogP contribution in [0.25, 0.3) is 16.8 Å². The lowest BCUT2D eigenvalue weighted by Crippen LogP contribution is -1.95. The maximum atomic E-state index is 5.82. The van der Waals surface area contributed by atoms with Crippen molar-refractivity contribution in [1.82, 2.24) is 14.6 Å². The van der Waals surface area contributed by atoms with Crippen molar-refractivity contribution >= 4 is 11.6 Å². The number of rotatable bonds is 4. The van der Waals surface area contributed by atoms with Crippen LogP contribution >= 0.6 is 0 Å². The van der Waals surface area contributed by atoms with E-state index < -0.39 is 0 Å². The van der Waals surface area contributed by atoms with E-state index in [4.69, 9.17) is 10.5 Å². The van der Waals surface area contributed by atoms with Gasteiger partial charge in [0.2, 0.25) is 5.95 Å². The molecule has 0 amide bonds. The molecule has 24 heavy (non-hydrogen) atoms. The van der Waals surface area contributed by atoms with Crippen molar-refractivity contribution < 1.29 is 4.74 Å². The highest BCUT2D eigenvalue weighted by Gasteiger charge is 2.08. The summed E-state index contributed by atoms with van der Waals surface area (Å²) in [7, 11) is 0. The van der Waals surface area contributed by atoms with E-state index in [2.05, 4.69) is 10.1 Å². The van der Waals surface area contributed by atoms with E-state index in [1.165, 1.54) is 0 Å². The van der Waals surface area contributed by atoms with E-state index in [0.29, 0.717) is 6.61 Å². The molecule has 0 bridgehead atoms. The summed E-state index contributed by atoms with van der Waals surface area (Å²) < 4.78 is 7.51. The first kappa shape index (κ1) is 14.3. The van der Waals surface area contributed by atoms with Gasteiger partial charge in [0, 0.05) is 11.8 Å². The summed E-state index contributed by atoms with van der Waals surface area (Å²) in [5, 5.41) is 4.14. The van der Waals surface area contributed by atoms with Gasteiger partial charge < -0.3 is 10.5 Å². The zero-order valence-electron chi connectivity index (χ0n) is 13.0. The molecule has 0 saturated carbocycles. The second-order valence-electron chi connectivity index (χ2n) is 5.46. The maximum Gasteiger partial charge on any atom is 0.240 e. The van der Waals surface area contributed by atoms with Gasteiger partial charge >= 0.3 is 0 Å². The van der Waals surface area contributed by atoms with Crippen molar-refractivity contribution in [1.29, 1.82) is 0 Å². The molecule has 0 saturated heterocycles. The third-order valence-electron chi connectivity index (χ3n) is 3.79. The van der Waals surface area contributed by atoms with Crippen molar-refractivity contribution in [3.8, 4) is 16.9 Å². The van der Waals surface area contributed by atoms with Gasteiger partial charge in [0.05, 0.1) is 0 Å². The van der Waals surface area contributed by atoms with Gasteiger partial charge in [-0.05, 0) is 35.4 Å². The van der Waals surface area contributed by atoms with Crippen LogP contribution in [0.5, 0.6) is 5.75 Å². The lowest BCUT2D eigenvalue weighted by molar-refractivity contribution is 0.306. The van der Waals surface area contributed by atoms with Crippen molar-refractivity contribution in [3.05, 3.63) is 78.5 Å². The Hall–Kier alpha value is -3.34. The van der Waals surface area contributed by atoms with Gasteiger partial charge in [-0.15, -0.1) is 5.10 Å². The van der Waals surface area contributed by atoms with E-state index in [-0.39, 0.29) is 5.95 Å². The number of nitrogens with two attached hydrogens (primary N) is 1. The number of hydrogen-bond donors (Lipinski definition) is 1. The molecule has 0 aliphatic carbocycles. The number of nitrogens with zero attached hydrogens (tertiary/aromatic N) is 3. The Morgan fingerprint density at radius 3 is 2.50 bits per heavy atom. The van der Waals surface area contributed by atoms with Crippen molar-refractivity contribution in [2.45, 2.75) is 6.61 Å². The number of aromatic nitrogens is 3. The Morgan fingerprint density at radius 1 is 0.917 bits per heavy atom. The molecule has 0 atom stereocenters. The quantitative estimate of drug-likeness (QED) is 0.625. The zero-order valence-corrected chi connectivity index (χ0v) is 13.0. The first-order valence-corrected chi connectivity index (χ1v) is 7.68. The molecule has 0 radical (unpaired) electrons. The molecule has 5 nitrogen and oxygen atoms in total. The lowest BCUT2D eigenvalue weighted by atomic mass is 10.1. The molecule has 5 heteroatoms. The first-order chi connectivity index (χ1) is 11.8. The van der Waals surface area contributed by atoms with E-state index in [1.54, 1.807) is 4.52 Å². The fourth-order valence-corrected chi connectivity index (χ4v) is 2.62. The summed E-state index contributed by atoms with van der Waals surface area (Å²) in [6, 6.07) is 22.0. The number of benzene rings is 2. The molecule has 2 aromatic carbocycles. The van der Waals surface area contributed by atoms with Gasteiger partial charge in [0.25, 0.3) is 0 Å². The maximum absolute atomic E-state index is 5.82. The van der Waals surface area contributed by atoms with Gasteiger partial charge in [0.1, 0.15) is 12.4 Å². The number of nitrogen functional groups attached to an aromatic ring is 1. The van der Waals surface area contributed by atoms with Crippen LogP contribution in [0.2, 0.25) is 0 Å². The number of pyridine rings is 1. The Morgan fingerprint density at radius 2 is 1.71 bits per heavy atom. The molecule has 2 heterocycles. The fourth-order valence-electron chi connectivity index (χ4n) is 2.62. The summed E-state index contributed by atoms with van der Waals surface area (Å²) in [6.07, 6.45) is 1.83. The van der Waals surface area contributed by atoms with Crippen LogP contribution in [0, 0.1) is 0 Å². The smallest absolute Gasteiger partial charge is 0.240 e. The molecule has 0 unspecified atom stereocenters. The third-order valence-corrected chi connectivity index (χ3v) is 3.79. The standard InChI is InChI=1S/C19H16N4O/c20-19-21-18-17(7-4-12-23(18)22-19)15-8-10-16(11-9-15)24-13-14-5-2-1-3-6-14/h1-12H,13H2,(H2,20,22). The van der Waals surface area contributed by atoms with E-state index >= 15 is 0 Å². The number of fused-ring (bicyclic) bond motifs is 1. The van der Waals surface area contributed by atoms with Crippen LogP contribution in [-0.2, 0) is 6.61 Å². The van der Waals surface area contributed by atoms with Crippen LogP contribution in [0.3, 0.4) is 0 Å². The van der Waals surface area contributed by atoms with E-state index in [1.807, 2.05) is 72.9 Å². The average molecular weight is 316 g/mol. The van der Waals surface area contributed by atoms with Gasteiger partial charge in [-0.25, -0.2) is 4.52 Å². The van der Waals surface area contributed by atoms with Crippen LogP contribution in [-0.4, -0.2) is 14.6 Å². The molecule has 4 aromatic rings. The fraction of sp³-hybridized carbons (Fsp3) is 0.0526. The zero-order chi connectivity index (χ0) is 16.4. The highest BCUT2D eigenvalue weighted by molar-refractivity contribution is 5.78. The number of ether oxygens (including phenoxy) is 1. The SMILES string of the molecule is Nc1nc2c(-c3ccc(OCc4ccccc4)cc3)cccn2n1. The number of anilines is 1. The molecule has 4 rings (SSSR count). The largest absolute Gasteiger partial charge is 0.489 e. The molecule has 2 aromatic heterocycles. The molecule has 0 spiro atoms. The third kappa shape index (κ3) is 2.79. The average Bonchev–Trinajstić information content (AvgIpc) is 3.01. The Bertz CT molecular complexity index is 962. The van der Waals surface area contributed by atoms with Gasteiger partial charge in [-0.2, -0.15) is 4.98 Å². The lowest BCUT2D eigenvalue weighted by Gasteiger charge is -2.08. The molecular weight excluding hydrogens is 300 g/mol. The highest BCUT2D eigenvalue weighted by atomic mass is 16.5. The van der Waals surface area contributed by atoms with E-state index in [9.17, 15) is 0 Å². The Labute approximate surface area is 139 Å². The molecule has 0 fully saturated rings. The van der Waals surface area contributed by atoms with E-state index in [0.717, 1.165) is 28.1 Å². The van der Waals surface area contributed by atoms with Crippen LogP contribution in [0.15, 0.2) is 72.9 Å². The first-order valence-electron chi connectivity index (χ1n) is 7.68. The molecule has 2 N–H and O–H groups in total. The van der Waals surface area contributed by atoms with Gasteiger partial charge in [0.15, 0.2) is 5.65 Å². The van der Waals surface area contributed by atoms with Crippen LogP contribution < -0.4 is 10.5 Å². The summed E-state index contributed by atoms with van der Waals surface area (Å²) in [6.45, 7) is 0.552. The van der Waals surface area contributed by atoms with Crippen molar-refractivity contribution in [2.75, 3.05) is 5.73 Å². The molecule has 0 aliphatic rings. The monoisotopic (exact) mass is 316 g/mol. The minimum atomic E-state index is 0.269. The highest BCUT2D eigenvalue weighted by Crippen LogP contribution is 2.26. The topological polar surface area (TPSA) is 65.4 Å². The molecular formula is C19H16N4O. The minimum absolute atomic E-state index is 0.269. The summed E-state index contributed by atoms with van der Waals surface area (Å²) in [4.78, 5) is 4.29. The second kappa shape index (κ2) is 6.04. The Balaban J connectivity index is 1.57. The number of hydrogen-bond acceptors (Lipinski definition) is 4. The minimum Gasteiger partial charge on any atom is -0.489 e. The van der Waals surface area contributed by atoms with Crippen molar-refractivity contribution in [2.24, 2.45) is 0 Å². The summed E-state index contributed by atoms with van der Waals surface area (Å²) in [5.41, 5.74) is 9.61. The normalized spacial score (nSPS) is 10.8. The molecule has 0 aliphatic heterocycles. The Kier molecular flexibility index (Phi) is 3.59.